The van der Waals surface area contributed by atoms with E-state index in [0.717, 1.165) is 23.3 Å². The quantitative estimate of drug-likeness (QED) is 0.811. The van der Waals surface area contributed by atoms with E-state index in [2.05, 4.69) is 33.0 Å². The highest BCUT2D eigenvalue weighted by Crippen LogP contribution is 2.14. The van der Waals surface area contributed by atoms with E-state index in [0.29, 0.717) is 5.69 Å². The van der Waals surface area contributed by atoms with Crippen LogP contribution in [0.4, 0.5) is 0 Å². The van der Waals surface area contributed by atoms with E-state index in [1.165, 1.54) is 5.56 Å². The molecule has 0 aliphatic carbocycles. The summed E-state index contributed by atoms with van der Waals surface area (Å²) in [5.41, 5.74) is 1.73. The average Bonchev–Trinajstić information content (AvgIpc) is 2.72. The standard InChI is InChI=1S/C14H15BrN2O/c1-3-14-16-13(10(2)18)9-17(14)8-11-5-4-6-12(15)7-11/h4-7,9H,3,8H2,1-2H3. The molecule has 1 aromatic heterocycles. The van der Waals surface area contributed by atoms with Crippen molar-refractivity contribution in [3.05, 3.63) is 52.0 Å². The summed E-state index contributed by atoms with van der Waals surface area (Å²) in [5.74, 6) is 0.956. The van der Waals surface area contributed by atoms with Gasteiger partial charge in [-0.25, -0.2) is 4.98 Å². The molecule has 18 heavy (non-hydrogen) atoms. The zero-order valence-electron chi connectivity index (χ0n) is 10.5. The van der Waals surface area contributed by atoms with Crippen molar-refractivity contribution in [3.63, 3.8) is 0 Å². The summed E-state index contributed by atoms with van der Waals surface area (Å²) in [5, 5.41) is 0. The third kappa shape index (κ3) is 2.88. The number of carbonyl (C=O) groups excluding carboxylic acids is 1. The first-order valence-corrected chi connectivity index (χ1v) is 6.71. The summed E-state index contributed by atoms with van der Waals surface area (Å²) in [6, 6.07) is 8.15. The van der Waals surface area contributed by atoms with Crippen LogP contribution in [0.1, 0.15) is 35.7 Å². The third-order valence-corrected chi connectivity index (χ3v) is 3.27. The topological polar surface area (TPSA) is 34.9 Å². The molecule has 0 bridgehead atoms. The lowest BCUT2D eigenvalue weighted by molar-refractivity contribution is 0.101. The first-order chi connectivity index (χ1) is 8.60. The predicted molar refractivity (Wildman–Crippen MR) is 74.9 cm³/mol. The lowest BCUT2D eigenvalue weighted by atomic mass is 10.2. The van der Waals surface area contributed by atoms with E-state index in [-0.39, 0.29) is 5.78 Å². The molecule has 0 atom stereocenters. The number of aryl methyl sites for hydroxylation is 1. The minimum absolute atomic E-state index is 0.0118. The van der Waals surface area contributed by atoms with Gasteiger partial charge in [-0.05, 0) is 17.7 Å². The van der Waals surface area contributed by atoms with E-state index in [1.807, 2.05) is 29.8 Å². The van der Waals surface area contributed by atoms with Gasteiger partial charge in [-0.15, -0.1) is 0 Å². The molecule has 1 aromatic carbocycles. The fourth-order valence-electron chi connectivity index (χ4n) is 1.87. The van der Waals surface area contributed by atoms with E-state index in [4.69, 9.17) is 0 Å². The second-order valence-electron chi connectivity index (χ2n) is 4.21. The molecule has 0 N–H and O–H groups in total. The Bertz CT molecular complexity index is 575. The summed E-state index contributed by atoms with van der Waals surface area (Å²) in [7, 11) is 0. The lowest BCUT2D eigenvalue weighted by Gasteiger charge is -2.06. The van der Waals surface area contributed by atoms with Crippen LogP contribution in [0.5, 0.6) is 0 Å². The number of hydrogen-bond acceptors (Lipinski definition) is 2. The molecule has 0 saturated carbocycles. The van der Waals surface area contributed by atoms with Crippen LogP contribution in [0.25, 0.3) is 0 Å². The fraction of sp³-hybridized carbons (Fsp3) is 0.286. The van der Waals surface area contributed by atoms with E-state index < -0.39 is 0 Å². The van der Waals surface area contributed by atoms with Gasteiger partial charge in [0.1, 0.15) is 11.5 Å². The second kappa shape index (κ2) is 5.48. The van der Waals surface area contributed by atoms with Crippen LogP contribution in [-0.4, -0.2) is 15.3 Å². The Hall–Kier alpha value is -1.42. The highest BCUT2D eigenvalue weighted by molar-refractivity contribution is 9.10. The summed E-state index contributed by atoms with van der Waals surface area (Å²) in [6.07, 6.45) is 2.66. The SMILES string of the molecule is CCc1nc(C(C)=O)cn1Cc1cccc(Br)c1. The number of Topliss-reactive ketones (excluding diaryl/α,β-unsaturated/α-hetero) is 1. The maximum Gasteiger partial charge on any atom is 0.179 e. The molecule has 2 rings (SSSR count). The highest BCUT2D eigenvalue weighted by atomic mass is 79.9. The molecule has 0 fully saturated rings. The van der Waals surface area contributed by atoms with Crippen molar-refractivity contribution >= 4 is 21.7 Å². The van der Waals surface area contributed by atoms with Gasteiger partial charge in [0.25, 0.3) is 0 Å². The van der Waals surface area contributed by atoms with Gasteiger partial charge in [-0.1, -0.05) is 35.0 Å². The summed E-state index contributed by atoms with van der Waals surface area (Å²) in [4.78, 5) is 15.7. The molecule has 94 valence electrons. The molecule has 0 aliphatic rings. The smallest absolute Gasteiger partial charge is 0.179 e. The predicted octanol–water partition coefficient (Wildman–Crippen LogP) is 3.46. The van der Waals surface area contributed by atoms with Crippen molar-refractivity contribution in [2.75, 3.05) is 0 Å². The third-order valence-electron chi connectivity index (χ3n) is 2.78. The van der Waals surface area contributed by atoms with Crippen molar-refractivity contribution in [1.82, 2.24) is 9.55 Å². The number of carbonyl (C=O) groups is 1. The first-order valence-electron chi connectivity index (χ1n) is 5.91. The lowest BCUT2D eigenvalue weighted by Crippen LogP contribution is -2.03. The Morgan fingerprint density at radius 2 is 2.22 bits per heavy atom. The van der Waals surface area contributed by atoms with Gasteiger partial charge in [0.2, 0.25) is 0 Å². The van der Waals surface area contributed by atoms with Gasteiger partial charge in [0.05, 0.1) is 0 Å². The van der Waals surface area contributed by atoms with Crippen LogP contribution in [-0.2, 0) is 13.0 Å². The van der Waals surface area contributed by atoms with Gasteiger partial charge in [0, 0.05) is 30.6 Å². The molecule has 0 aliphatic heterocycles. The summed E-state index contributed by atoms with van der Waals surface area (Å²) < 4.78 is 3.10. The molecule has 0 spiro atoms. The molecule has 2 aromatic rings. The molecule has 0 radical (unpaired) electrons. The molecule has 0 amide bonds. The van der Waals surface area contributed by atoms with Crippen molar-refractivity contribution in [2.24, 2.45) is 0 Å². The van der Waals surface area contributed by atoms with Crippen molar-refractivity contribution in [1.29, 1.82) is 0 Å². The van der Waals surface area contributed by atoms with Crippen LogP contribution in [0.15, 0.2) is 34.9 Å². The minimum atomic E-state index is 0.0118. The van der Waals surface area contributed by atoms with Gasteiger partial charge < -0.3 is 4.57 Å². The Morgan fingerprint density at radius 1 is 1.44 bits per heavy atom. The summed E-state index contributed by atoms with van der Waals surface area (Å²) in [6.45, 7) is 4.33. The number of ketones is 1. The Labute approximate surface area is 115 Å². The highest BCUT2D eigenvalue weighted by Gasteiger charge is 2.10. The molecular formula is C14H15BrN2O. The second-order valence-corrected chi connectivity index (χ2v) is 5.13. The van der Waals surface area contributed by atoms with Crippen LogP contribution in [0.3, 0.4) is 0 Å². The van der Waals surface area contributed by atoms with Crippen LogP contribution >= 0.6 is 15.9 Å². The van der Waals surface area contributed by atoms with E-state index in [9.17, 15) is 4.79 Å². The normalized spacial score (nSPS) is 10.6. The zero-order valence-corrected chi connectivity index (χ0v) is 12.1. The van der Waals surface area contributed by atoms with E-state index in [1.54, 1.807) is 6.92 Å². The number of rotatable bonds is 4. The summed E-state index contributed by atoms with van der Waals surface area (Å²) >= 11 is 3.46. The van der Waals surface area contributed by atoms with Gasteiger partial charge in [-0.3, -0.25) is 4.79 Å². The Balaban J connectivity index is 2.30. The monoisotopic (exact) mass is 306 g/mol. The van der Waals surface area contributed by atoms with Crippen molar-refractivity contribution in [3.8, 4) is 0 Å². The number of hydrogen-bond donors (Lipinski definition) is 0. The maximum atomic E-state index is 11.4. The van der Waals surface area contributed by atoms with Gasteiger partial charge in [-0.2, -0.15) is 0 Å². The average molecular weight is 307 g/mol. The number of imidazole rings is 1. The number of halogens is 1. The van der Waals surface area contributed by atoms with Crippen LogP contribution in [0.2, 0.25) is 0 Å². The minimum Gasteiger partial charge on any atom is -0.330 e. The van der Waals surface area contributed by atoms with Crippen molar-refractivity contribution in [2.45, 2.75) is 26.8 Å². The molecule has 0 saturated heterocycles. The van der Waals surface area contributed by atoms with E-state index >= 15 is 0 Å². The van der Waals surface area contributed by atoms with Crippen molar-refractivity contribution < 1.29 is 4.79 Å². The number of nitrogens with zero attached hydrogens (tertiary/aromatic N) is 2. The molecule has 0 unspecified atom stereocenters. The van der Waals surface area contributed by atoms with Crippen LogP contribution < -0.4 is 0 Å². The zero-order chi connectivity index (χ0) is 13.1. The molecule has 1 heterocycles. The Morgan fingerprint density at radius 3 is 2.83 bits per heavy atom. The molecule has 3 nitrogen and oxygen atoms in total. The largest absolute Gasteiger partial charge is 0.330 e. The van der Waals surface area contributed by atoms with Gasteiger partial charge in [0.15, 0.2) is 5.78 Å². The Kier molecular flexibility index (Phi) is 3.97. The van der Waals surface area contributed by atoms with Gasteiger partial charge >= 0.3 is 0 Å². The number of benzene rings is 1. The first kappa shape index (κ1) is 13.0. The number of aromatic nitrogens is 2. The molecule has 4 heteroatoms. The molecular weight excluding hydrogens is 292 g/mol. The van der Waals surface area contributed by atoms with Crippen LogP contribution in [0, 0.1) is 0 Å². The maximum absolute atomic E-state index is 11.4. The fourth-order valence-corrected chi connectivity index (χ4v) is 2.32.